The number of aliphatic hydroxyl groups is 2. The molecule has 20 heavy (non-hydrogen) atoms. The van der Waals surface area contributed by atoms with Gasteiger partial charge in [0.15, 0.2) is 0 Å². The Morgan fingerprint density at radius 2 is 1.80 bits per heavy atom. The number of rotatable bonds is 2. The summed E-state index contributed by atoms with van der Waals surface area (Å²) in [4.78, 5) is 4.11. The number of pyridine rings is 1. The first-order valence-electron chi connectivity index (χ1n) is 7.44. The van der Waals surface area contributed by atoms with E-state index in [1.807, 2.05) is 24.3 Å². The molecule has 1 aliphatic rings. The van der Waals surface area contributed by atoms with Crippen molar-refractivity contribution in [2.45, 2.75) is 50.2 Å². The summed E-state index contributed by atoms with van der Waals surface area (Å²) in [5.41, 5.74) is -0.178. The van der Waals surface area contributed by atoms with Crippen molar-refractivity contribution in [1.82, 2.24) is 4.98 Å². The van der Waals surface area contributed by atoms with Crippen molar-refractivity contribution in [2.75, 3.05) is 0 Å². The fraction of sp³-hybridized carbons (Fsp3) is 0.471. The molecule has 2 N–H and O–H groups in total. The van der Waals surface area contributed by atoms with Gasteiger partial charge in [0.25, 0.3) is 0 Å². The van der Waals surface area contributed by atoms with E-state index < -0.39 is 11.7 Å². The van der Waals surface area contributed by atoms with Crippen molar-refractivity contribution in [1.29, 1.82) is 0 Å². The molecule has 0 radical (unpaired) electrons. The monoisotopic (exact) mass is 271 g/mol. The van der Waals surface area contributed by atoms with Gasteiger partial charge in [0.1, 0.15) is 6.10 Å². The van der Waals surface area contributed by atoms with Gasteiger partial charge in [0, 0.05) is 17.8 Å². The smallest absolute Gasteiger partial charge is 0.108 e. The van der Waals surface area contributed by atoms with Gasteiger partial charge < -0.3 is 10.2 Å². The lowest BCUT2D eigenvalue weighted by Crippen LogP contribution is -2.35. The maximum Gasteiger partial charge on any atom is 0.108 e. The first-order valence-corrected chi connectivity index (χ1v) is 7.44. The third kappa shape index (κ3) is 2.43. The van der Waals surface area contributed by atoms with Crippen LogP contribution >= 0.6 is 0 Å². The highest BCUT2D eigenvalue weighted by molar-refractivity contribution is 5.85. The molecule has 1 saturated carbocycles. The minimum absolute atomic E-state index is 0.676. The van der Waals surface area contributed by atoms with Crippen LogP contribution in [0.3, 0.4) is 0 Å². The van der Waals surface area contributed by atoms with E-state index in [0.717, 1.165) is 42.0 Å². The molecule has 2 aromatic rings. The Labute approximate surface area is 119 Å². The van der Waals surface area contributed by atoms with Gasteiger partial charge in [-0.15, -0.1) is 0 Å². The molecule has 1 fully saturated rings. The summed E-state index contributed by atoms with van der Waals surface area (Å²) in [5, 5.41) is 23.6. The van der Waals surface area contributed by atoms with Gasteiger partial charge in [-0.3, -0.25) is 4.98 Å². The molecular weight excluding hydrogens is 250 g/mol. The fourth-order valence-corrected chi connectivity index (χ4v) is 3.29. The molecule has 0 bridgehead atoms. The van der Waals surface area contributed by atoms with Crippen LogP contribution in [-0.4, -0.2) is 20.8 Å². The van der Waals surface area contributed by atoms with E-state index in [9.17, 15) is 10.2 Å². The second kappa shape index (κ2) is 5.51. The van der Waals surface area contributed by atoms with E-state index >= 15 is 0 Å². The summed E-state index contributed by atoms with van der Waals surface area (Å²) in [6, 6.07) is 7.72. The fourth-order valence-electron chi connectivity index (χ4n) is 3.29. The Kier molecular flexibility index (Phi) is 3.72. The summed E-state index contributed by atoms with van der Waals surface area (Å²) in [5.74, 6) is 0. The minimum Gasteiger partial charge on any atom is -0.387 e. The lowest BCUT2D eigenvalue weighted by atomic mass is 9.83. The Morgan fingerprint density at radius 1 is 1.05 bits per heavy atom. The molecule has 1 aliphatic carbocycles. The van der Waals surface area contributed by atoms with Crippen molar-refractivity contribution in [2.24, 2.45) is 0 Å². The summed E-state index contributed by atoms with van der Waals surface area (Å²) >= 11 is 0. The van der Waals surface area contributed by atoms with E-state index in [4.69, 9.17) is 0 Å². The van der Waals surface area contributed by atoms with Gasteiger partial charge in [-0.1, -0.05) is 43.9 Å². The molecule has 0 aliphatic heterocycles. The van der Waals surface area contributed by atoms with E-state index in [-0.39, 0.29) is 0 Å². The average Bonchev–Trinajstić information content (AvgIpc) is 2.72. The molecule has 1 unspecified atom stereocenters. The standard InChI is InChI=1S/C17H21NO2/c19-16(17(20)9-3-1-2-4-10-17)15-7-5-6-13-12-18-11-8-14(13)15/h5-8,11-12,16,19-20H,1-4,9-10H2. The van der Waals surface area contributed by atoms with Crippen LogP contribution < -0.4 is 0 Å². The van der Waals surface area contributed by atoms with Crippen LogP contribution in [-0.2, 0) is 0 Å². The lowest BCUT2D eigenvalue weighted by molar-refractivity contribution is -0.0861. The predicted molar refractivity (Wildman–Crippen MR) is 79.4 cm³/mol. The van der Waals surface area contributed by atoms with Crippen LogP contribution in [0.2, 0.25) is 0 Å². The maximum absolute atomic E-state index is 10.9. The van der Waals surface area contributed by atoms with Gasteiger partial charge in [-0.25, -0.2) is 0 Å². The molecule has 1 aromatic carbocycles. The van der Waals surface area contributed by atoms with E-state index in [0.29, 0.717) is 12.8 Å². The molecule has 3 heteroatoms. The van der Waals surface area contributed by atoms with Gasteiger partial charge in [0.05, 0.1) is 5.60 Å². The van der Waals surface area contributed by atoms with Crippen LogP contribution in [0.25, 0.3) is 10.8 Å². The van der Waals surface area contributed by atoms with Crippen LogP contribution in [0.5, 0.6) is 0 Å². The first-order chi connectivity index (χ1) is 9.71. The largest absolute Gasteiger partial charge is 0.387 e. The maximum atomic E-state index is 10.9. The second-order valence-electron chi connectivity index (χ2n) is 5.86. The number of hydrogen-bond acceptors (Lipinski definition) is 3. The van der Waals surface area contributed by atoms with Crippen molar-refractivity contribution in [3.63, 3.8) is 0 Å². The van der Waals surface area contributed by atoms with Gasteiger partial charge >= 0.3 is 0 Å². The number of benzene rings is 1. The number of aliphatic hydroxyl groups excluding tert-OH is 1. The number of nitrogens with zero attached hydrogens (tertiary/aromatic N) is 1. The molecule has 106 valence electrons. The van der Waals surface area contributed by atoms with Crippen molar-refractivity contribution < 1.29 is 10.2 Å². The zero-order valence-electron chi connectivity index (χ0n) is 11.6. The number of hydrogen-bond donors (Lipinski definition) is 2. The summed E-state index contributed by atoms with van der Waals surface area (Å²) < 4.78 is 0. The molecule has 1 heterocycles. The molecule has 3 rings (SSSR count). The normalized spacial score (nSPS) is 20.5. The Balaban J connectivity index is 2.01. The van der Waals surface area contributed by atoms with Crippen LogP contribution in [0.1, 0.15) is 50.2 Å². The SMILES string of the molecule is OC(c1cccc2cnccc12)C1(O)CCCCCC1. The second-order valence-corrected chi connectivity index (χ2v) is 5.86. The van der Waals surface area contributed by atoms with Crippen LogP contribution in [0.4, 0.5) is 0 Å². The third-order valence-electron chi connectivity index (χ3n) is 4.49. The Morgan fingerprint density at radius 3 is 2.55 bits per heavy atom. The third-order valence-corrected chi connectivity index (χ3v) is 4.49. The quantitative estimate of drug-likeness (QED) is 0.824. The van der Waals surface area contributed by atoms with Crippen LogP contribution in [0, 0.1) is 0 Å². The summed E-state index contributed by atoms with van der Waals surface area (Å²) in [6.07, 6.45) is 8.32. The predicted octanol–water partition coefficient (Wildman–Crippen LogP) is 3.35. The topological polar surface area (TPSA) is 53.4 Å². The van der Waals surface area contributed by atoms with Crippen LogP contribution in [0.15, 0.2) is 36.7 Å². The highest BCUT2D eigenvalue weighted by Crippen LogP contribution is 2.39. The van der Waals surface area contributed by atoms with Gasteiger partial charge in [-0.2, -0.15) is 0 Å². The minimum atomic E-state index is -0.992. The molecule has 1 atom stereocenters. The van der Waals surface area contributed by atoms with Crippen molar-refractivity contribution in [3.8, 4) is 0 Å². The Hall–Kier alpha value is -1.45. The first kappa shape index (κ1) is 13.5. The molecule has 0 saturated heterocycles. The Bertz CT molecular complexity index is 583. The average molecular weight is 271 g/mol. The van der Waals surface area contributed by atoms with E-state index in [1.54, 1.807) is 12.4 Å². The summed E-state index contributed by atoms with van der Waals surface area (Å²) in [7, 11) is 0. The molecule has 1 aromatic heterocycles. The highest BCUT2D eigenvalue weighted by Gasteiger charge is 2.37. The number of aromatic nitrogens is 1. The molecular formula is C17H21NO2. The van der Waals surface area contributed by atoms with E-state index in [1.165, 1.54) is 0 Å². The lowest BCUT2D eigenvalue weighted by Gasteiger charge is -2.33. The zero-order chi connectivity index (χ0) is 14.0. The van der Waals surface area contributed by atoms with E-state index in [2.05, 4.69) is 4.98 Å². The molecule has 0 amide bonds. The molecule has 0 spiro atoms. The number of fused-ring (bicyclic) bond motifs is 1. The highest BCUT2D eigenvalue weighted by atomic mass is 16.3. The molecule has 3 nitrogen and oxygen atoms in total. The van der Waals surface area contributed by atoms with Crippen molar-refractivity contribution in [3.05, 3.63) is 42.2 Å². The zero-order valence-corrected chi connectivity index (χ0v) is 11.6. The van der Waals surface area contributed by atoms with Gasteiger partial charge in [-0.05, 0) is 29.9 Å². The van der Waals surface area contributed by atoms with Crippen molar-refractivity contribution >= 4 is 10.8 Å². The summed E-state index contributed by atoms with van der Waals surface area (Å²) in [6.45, 7) is 0. The van der Waals surface area contributed by atoms with Gasteiger partial charge in [0.2, 0.25) is 0 Å².